The van der Waals surface area contributed by atoms with E-state index in [1.807, 2.05) is 12.1 Å². The van der Waals surface area contributed by atoms with Crippen LogP contribution in [0.25, 0.3) is 0 Å². The fraction of sp³-hybridized carbons (Fsp3) is 0.444. The number of alkyl halides is 1. The van der Waals surface area contributed by atoms with E-state index in [2.05, 4.69) is 52.2 Å². The van der Waals surface area contributed by atoms with E-state index in [4.69, 9.17) is 5.73 Å². The number of piperidine rings is 2. The molecule has 2 saturated heterocycles. The van der Waals surface area contributed by atoms with E-state index in [1.54, 1.807) is 6.20 Å². The van der Waals surface area contributed by atoms with Crippen LogP contribution in [-0.4, -0.2) is 46.6 Å². The molecule has 0 bridgehead atoms. The van der Waals surface area contributed by atoms with Crippen LogP contribution < -0.4 is 5.73 Å². The lowest BCUT2D eigenvalue weighted by atomic mass is 9.71. The number of benzene rings is 1. The summed E-state index contributed by atoms with van der Waals surface area (Å²) >= 11 is 0. The molecule has 1 aromatic heterocycles. The highest BCUT2D eigenvalue weighted by atomic mass is 19.1. The van der Waals surface area contributed by atoms with Crippen LogP contribution in [0.5, 0.6) is 0 Å². The largest absolute Gasteiger partial charge is 0.384 e. The topological polar surface area (TPSA) is 45.4 Å². The van der Waals surface area contributed by atoms with Crippen LogP contribution in [0.15, 0.2) is 67.0 Å². The van der Waals surface area contributed by atoms with Gasteiger partial charge in [-0.2, -0.15) is 0 Å². The van der Waals surface area contributed by atoms with Gasteiger partial charge in [-0.3, -0.25) is 4.90 Å². The Morgan fingerprint density at radius 1 is 1.06 bits per heavy atom. The summed E-state index contributed by atoms with van der Waals surface area (Å²) in [5.41, 5.74) is 10.5. The quantitative estimate of drug-likeness (QED) is 0.716. The van der Waals surface area contributed by atoms with Gasteiger partial charge < -0.3 is 10.6 Å². The third-order valence-corrected chi connectivity index (χ3v) is 8.03. The summed E-state index contributed by atoms with van der Waals surface area (Å²) in [6, 6.07) is 12.6. The molecule has 1 aliphatic carbocycles. The first-order valence-corrected chi connectivity index (χ1v) is 11.7. The Hall–Kier alpha value is -2.66. The van der Waals surface area contributed by atoms with Gasteiger partial charge in [-0.25, -0.2) is 9.37 Å². The molecule has 1 spiro atoms. The van der Waals surface area contributed by atoms with Gasteiger partial charge in [0.15, 0.2) is 5.67 Å². The maximum Gasteiger partial charge on any atom is 0.152 e. The molecule has 0 amide bonds. The number of rotatable bonds is 4. The minimum atomic E-state index is -1.32. The number of allylic oxidation sites excluding steroid dienone is 2. The molecular weight excluding hydrogens is 399 g/mol. The van der Waals surface area contributed by atoms with Crippen molar-refractivity contribution in [3.63, 3.8) is 0 Å². The van der Waals surface area contributed by atoms with Crippen LogP contribution in [-0.2, 0) is 18.4 Å². The predicted octanol–water partition coefficient (Wildman–Crippen LogP) is 4.63. The molecular formula is C27H33FN4. The zero-order valence-electron chi connectivity index (χ0n) is 18.8. The summed E-state index contributed by atoms with van der Waals surface area (Å²) < 4.78 is 16.0. The average Bonchev–Trinajstić information content (AvgIpc) is 3.07. The number of hydrogen-bond donors (Lipinski definition) is 1. The summed E-state index contributed by atoms with van der Waals surface area (Å²) in [7, 11) is 0. The van der Waals surface area contributed by atoms with Crippen molar-refractivity contribution in [3.05, 3.63) is 83.7 Å². The van der Waals surface area contributed by atoms with Crippen molar-refractivity contribution in [2.24, 2.45) is 0 Å². The van der Waals surface area contributed by atoms with Gasteiger partial charge in [0.25, 0.3) is 0 Å². The Morgan fingerprint density at radius 2 is 1.78 bits per heavy atom. The molecule has 4 nitrogen and oxygen atoms in total. The third-order valence-electron chi connectivity index (χ3n) is 8.03. The summed E-state index contributed by atoms with van der Waals surface area (Å²) in [4.78, 5) is 8.55. The van der Waals surface area contributed by atoms with Crippen LogP contribution in [0.1, 0.15) is 42.4 Å². The fourth-order valence-corrected chi connectivity index (χ4v) is 6.00. The zero-order valence-corrected chi connectivity index (χ0v) is 18.8. The van der Waals surface area contributed by atoms with Gasteiger partial charge in [0, 0.05) is 50.0 Å². The molecule has 5 rings (SSSR count). The number of nitrogens with two attached hydrogens (primary N) is 1. The van der Waals surface area contributed by atoms with Gasteiger partial charge in [0.1, 0.15) is 5.82 Å². The van der Waals surface area contributed by atoms with E-state index in [0.717, 1.165) is 57.5 Å². The number of pyridine rings is 1. The van der Waals surface area contributed by atoms with Crippen LogP contribution in [0.3, 0.4) is 0 Å². The van der Waals surface area contributed by atoms with Gasteiger partial charge in [0.2, 0.25) is 0 Å². The van der Waals surface area contributed by atoms with Crippen molar-refractivity contribution in [2.75, 3.05) is 31.9 Å². The Morgan fingerprint density at radius 3 is 2.50 bits per heavy atom. The number of nitrogen functional groups attached to an aromatic ring is 1. The van der Waals surface area contributed by atoms with Crippen molar-refractivity contribution in [1.29, 1.82) is 0 Å². The van der Waals surface area contributed by atoms with Gasteiger partial charge >= 0.3 is 0 Å². The number of likely N-dealkylation sites (tertiary alicyclic amines) is 2. The first-order chi connectivity index (χ1) is 15.4. The van der Waals surface area contributed by atoms with Gasteiger partial charge in [-0.15, -0.1) is 0 Å². The van der Waals surface area contributed by atoms with Crippen molar-refractivity contribution in [2.45, 2.75) is 49.7 Å². The van der Waals surface area contributed by atoms with E-state index in [-0.39, 0.29) is 5.41 Å². The van der Waals surface area contributed by atoms with Crippen molar-refractivity contribution < 1.29 is 4.39 Å². The smallest absolute Gasteiger partial charge is 0.152 e. The van der Waals surface area contributed by atoms with E-state index in [9.17, 15) is 0 Å². The fourth-order valence-electron chi connectivity index (χ4n) is 6.00. The van der Waals surface area contributed by atoms with E-state index < -0.39 is 5.67 Å². The molecule has 3 aliphatic rings. The molecule has 1 aromatic carbocycles. The summed E-state index contributed by atoms with van der Waals surface area (Å²) in [6.07, 6.45) is 5.67. The van der Waals surface area contributed by atoms with Crippen molar-refractivity contribution in [1.82, 2.24) is 14.8 Å². The normalized spacial score (nSPS) is 22.2. The number of hydrogen-bond acceptors (Lipinski definition) is 4. The average molecular weight is 433 g/mol. The highest BCUT2D eigenvalue weighted by Gasteiger charge is 2.46. The Labute approximate surface area is 190 Å². The zero-order chi connectivity index (χ0) is 22.3. The van der Waals surface area contributed by atoms with Gasteiger partial charge in [0.05, 0.1) is 0 Å². The lowest BCUT2D eigenvalue weighted by Gasteiger charge is -2.46. The van der Waals surface area contributed by atoms with Crippen molar-refractivity contribution >= 4 is 5.82 Å². The molecule has 32 heavy (non-hydrogen) atoms. The summed E-state index contributed by atoms with van der Waals surface area (Å²) in [6.45, 7) is 12.6. The lowest BCUT2D eigenvalue weighted by Crippen LogP contribution is -2.49. The second-order valence-electron chi connectivity index (χ2n) is 9.78. The maximum absolute atomic E-state index is 16.0. The Balaban J connectivity index is 1.20. The van der Waals surface area contributed by atoms with E-state index in [1.165, 1.54) is 16.7 Å². The van der Waals surface area contributed by atoms with Crippen molar-refractivity contribution in [3.8, 4) is 0 Å². The Bertz CT molecular complexity index is 1030. The predicted molar refractivity (Wildman–Crippen MR) is 128 cm³/mol. The highest BCUT2D eigenvalue weighted by Crippen LogP contribution is 2.50. The van der Waals surface area contributed by atoms with Crippen LogP contribution in [0, 0.1) is 0 Å². The van der Waals surface area contributed by atoms with Crippen LogP contribution >= 0.6 is 0 Å². The monoisotopic (exact) mass is 432 g/mol. The SMILES string of the molecule is C=C(N1CCC2(CC1)C(=C)Cc1ccccc12)C1(F)CCN(Cc2ccnc(N)c2)CC1. The van der Waals surface area contributed by atoms with E-state index >= 15 is 4.39 Å². The lowest BCUT2D eigenvalue weighted by molar-refractivity contribution is 0.0512. The number of fused-ring (bicyclic) bond motifs is 2. The molecule has 5 heteroatoms. The molecule has 2 fully saturated rings. The summed E-state index contributed by atoms with van der Waals surface area (Å²) in [5, 5.41) is 0. The molecule has 2 aromatic rings. The molecule has 0 radical (unpaired) electrons. The van der Waals surface area contributed by atoms with Crippen LogP contribution in [0.4, 0.5) is 10.2 Å². The molecule has 0 saturated carbocycles. The molecule has 3 heterocycles. The molecule has 2 aliphatic heterocycles. The summed E-state index contributed by atoms with van der Waals surface area (Å²) in [5.74, 6) is 0.531. The molecule has 0 atom stereocenters. The van der Waals surface area contributed by atoms with Gasteiger partial charge in [-0.1, -0.05) is 43.0 Å². The molecule has 168 valence electrons. The van der Waals surface area contributed by atoms with Gasteiger partial charge in [-0.05, 0) is 60.9 Å². The number of nitrogens with zero attached hydrogens (tertiary/aromatic N) is 3. The second-order valence-corrected chi connectivity index (χ2v) is 9.78. The third kappa shape index (κ3) is 3.62. The number of anilines is 1. The standard InChI is InChI=1S/C27H33FN4/c1-20-17-23-5-3-4-6-24(23)26(20)8-15-32(16-9-26)21(2)27(28)10-13-31(14-11-27)19-22-7-12-30-25(29)18-22/h3-7,12,18H,1-2,8-11,13-17,19H2,(H2,29,30). The first-order valence-electron chi connectivity index (χ1n) is 11.7. The van der Waals surface area contributed by atoms with E-state index in [0.29, 0.717) is 24.4 Å². The molecule has 0 unspecified atom stereocenters. The number of aromatic nitrogens is 1. The highest BCUT2D eigenvalue weighted by molar-refractivity contribution is 5.50. The second kappa shape index (κ2) is 8.04. The minimum absolute atomic E-state index is 0.0621. The Kier molecular flexibility index (Phi) is 5.32. The minimum Gasteiger partial charge on any atom is -0.384 e. The first kappa shape index (κ1) is 21.2. The van der Waals surface area contributed by atoms with Crippen LogP contribution in [0.2, 0.25) is 0 Å². The number of halogens is 1. The molecule has 2 N–H and O–H groups in total. The maximum atomic E-state index is 16.0.